The van der Waals surface area contributed by atoms with Crippen molar-refractivity contribution < 1.29 is 14.3 Å². The van der Waals surface area contributed by atoms with Gasteiger partial charge in [-0.05, 0) is 55.0 Å². The van der Waals surface area contributed by atoms with Gasteiger partial charge < -0.3 is 15.4 Å². The van der Waals surface area contributed by atoms with Crippen LogP contribution in [-0.4, -0.2) is 23.5 Å². The summed E-state index contributed by atoms with van der Waals surface area (Å²) < 4.78 is 5.49. The van der Waals surface area contributed by atoms with Gasteiger partial charge in [-0.25, -0.2) is 0 Å². The van der Waals surface area contributed by atoms with Crippen LogP contribution in [0.4, 0.5) is 11.4 Å². The number of anilines is 2. The minimum Gasteiger partial charge on any atom is -0.493 e. The fraction of sp³-hybridized carbons (Fsp3) is 0.125. The van der Waals surface area contributed by atoms with Gasteiger partial charge in [0.05, 0.1) is 18.6 Å². The Morgan fingerprint density at radius 1 is 0.871 bits per heavy atom. The maximum absolute atomic E-state index is 12.6. The van der Waals surface area contributed by atoms with Crippen molar-refractivity contribution in [2.24, 2.45) is 0 Å². The summed E-state index contributed by atoms with van der Waals surface area (Å²) in [4.78, 5) is 24.8. The third-order valence-corrected chi connectivity index (χ3v) is 4.47. The fourth-order valence-electron chi connectivity index (χ4n) is 2.93. The second-order valence-corrected chi connectivity index (χ2v) is 7.04. The van der Waals surface area contributed by atoms with Crippen molar-refractivity contribution in [1.82, 2.24) is 5.32 Å². The number of hydrogen-bond acceptors (Lipinski definition) is 4. The molecule has 0 aromatic heterocycles. The number of hydrogen-bond donors (Lipinski definition) is 3. The second-order valence-electron chi connectivity index (χ2n) is 6.63. The van der Waals surface area contributed by atoms with Gasteiger partial charge >= 0.3 is 0 Å². The van der Waals surface area contributed by atoms with Crippen molar-refractivity contribution in [1.29, 1.82) is 0 Å². The van der Waals surface area contributed by atoms with Crippen LogP contribution < -0.4 is 20.7 Å². The lowest BCUT2D eigenvalue weighted by Crippen LogP contribution is -2.34. The zero-order chi connectivity index (χ0) is 22.1. The highest BCUT2D eigenvalue weighted by molar-refractivity contribution is 7.80. The Morgan fingerprint density at radius 3 is 2.29 bits per heavy atom. The maximum atomic E-state index is 12.6. The SMILES string of the molecule is CCOc1ccccc1C(=O)NC(=S)Nc1cccc(NC(=O)Cc2ccccc2)c1. The molecule has 0 spiro atoms. The number of nitrogens with one attached hydrogen (secondary N) is 3. The first kappa shape index (κ1) is 22.0. The molecule has 0 atom stereocenters. The Bertz CT molecular complexity index is 1070. The third-order valence-electron chi connectivity index (χ3n) is 4.27. The molecule has 0 saturated carbocycles. The minimum absolute atomic E-state index is 0.119. The van der Waals surface area contributed by atoms with E-state index in [0.717, 1.165) is 5.56 Å². The summed E-state index contributed by atoms with van der Waals surface area (Å²) in [6, 6.07) is 23.6. The molecule has 3 aromatic carbocycles. The van der Waals surface area contributed by atoms with Crippen molar-refractivity contribution in [2.75, 3.05) is 17.2 Å². The number of amides is 2. The molecule has 7 heteroatoms. The van der Waals surface area contributed by atoms with Gasteiger partial charge in [0.1, 0.15) is 5.75 Å². The molecule has 158 valence electrons. The van der Waals surface area contributed by atoms with Gasteiger partial charge in [-0.1, -0.05) is 48.5 Å². The van der Waals surface area contributed by atoms with Gasteiger partial charge in [-0.15, -0.1) is 0 Å². The number of para-hydroxylation sites is 1. The average Bonchev–Trinajstić information content (AvgIpc) is 2.75. The molecule has 0 radical (unpaired) electrons. The van der Waals surface area contributed by atoms with Crippen molar-refractivity contribution in [2.45, 2.75) is 13.3 Å². The highest BCUT2D eigenvalue weighted by atomic mass is 32.1. The Hall–Kier alpha value is -3.71. The predicted octanol–water partition coefficient (Wildman–Crippen LogP) is 4.39. The monoisotopic (exact) mass is 433 g/mol. The Balaban J connectivity index is 1.58. The molecule has 6 nitrogen and oxygen atoms in total. The molecule has 0 heterocycles. The zero-order valence-corrected chi connectivity index (χ0v) is 17.9. The molecule has 0 aliphatic carbocycles. The van der Waals surface area contributed by atoms with Crippen LogP contribution in [0, 0.1) is 0 Å². The fourth-order valence-corrected chi connectivity index (χ4v) is 3.14. The van der Waals surface area contributed by atoms with Crippen LogP contribution in [0.1, 0.15) is 22.8 Å². The van der Waals surface area contributed by atoms with Crippen LogP contribution in [0.2, 0.25) is 0 Å². The van der Waals surface area contributed by atoms with E-state index in [4.69, 9.17) is 17.0 Å². The van der Waals surface area contributed by atoms with E-state index in [2.05, 4.69) is 16.0 Å². The minimum atomic E-state index is -0.367. The highest BCUT2D eigenvalue weighted by Gasteiger charge is 2.13. The van der Waals surface area contributed by atoms with Gasteiger partial charge in [-0.2, -0.15) is 0 Å². The van der Waals surface area contributed by atoms with Crippen molar-refractivity contribution in [3.05, 3.63) is 90.0 Å². The molecule has 3 aromatic rings. The van der Waals surface area contributed by atoms with E-state index < -0.39 is 0 Å². The summed E-state index contributed by atoms with van der Waals surface area (Å²) in [6.07, 6.45) is 0.284. The van der Waals surface area contributed by atoms with Crippen LogP contribution in [0.3, 0.4) is 0 Å². The van der Waals surface area contributed by atoms with E-state index in [9.17, 15) is 9.59 Å². The van der Waals surface area contributed by atoms with E-state index in [1.165, 1.54) is 0 Å². The van der Waals surface area contributed by atoms with Crippen LogP contribution in [0.5, 0.6) is 5.75 Å². The first-order valence-corrected chi connectivity index (χ1v) is 10.2. The average molecular weight is 434 g/mol. The smallest absolute Gasteiger partial charge is 0.261 e. The molecule has 0 aliphatic heterocycles. The second kappa shape index (κ2) is 10.9. The first-order valence-electron chi connectivity index (χ1n) is 9.83. The molecule has 3 N–H and O–H groups in total. The van der Waals surface area contributed by atoms with E-state index in [1.54, 1.807) is 48.5 Å². The van der Waals surface area contributed by atoms with Gasteiger partial charge in [0.2, 0.25) is 5.91 Å². The number of carbonyl (C=O) groups excluding carboxylic acids is 2. The van der Waals surface area contributed by atoms with E-state index in [1.807, 2.05) is 37.3 Å². The summed E-state index contributed by atoms with van der Waals surface area (Å²) >= 11 is 5.27. The first-order chi connectivity index (χ1) is 15.0. The van der Waals surface area contributed by atoms with Crippen LogP contribution >= 0.6 is 12.2 Å². The topological polar surface area (TPSA) is 79.5 Å². The lowest BCUT2D eigenvalue weighted by atomic mass is 10.1. The molecule has 0 aliphatic rings. The molecular weight excluding hydrogens is 410 g/mol. The van der Waals surface area contributed by atoms with Gasteiger partial charge in [0.15, 0.2) is 5.11 Å². The maximum Gasteiger partial charge on any atom is 0.261 e. The Labute approximate surface area is 186 Å². The number of benzene rings is 3. The van der Waals surface area contributed by atoms with Crippen LogP contribution in [-0.2, 0) is 11.2 Å². The molecule has 2 amide bonds. The van der Waals surface area contributed by atoms with Gasteiger partial charge in [0, 0.05) is 11.4 Å². The molecule has 0 bridgehead atoms. The van der Waals surface area contributed by atoms with Crippen LogP contribution in [0.15, 0.2) is 78.9 Å². The van der Waals surface area contributed by atoms with Gasteiger partial charge in [0.25, 0.3) is 5.91 Å². The molecular formula is C24H23N3O3S. The Kier molecular flexibility index (Phi) is 7.73. The quantitative estimate of drug-likeness (QED) is 0.482. The molecule has 31 heavy (non-hydrogen) atoms. The predicted molar refractivity (Wildman–Crippen MR) is 127 cm³/mol. The number of carbonyl (C=O) groups is 2. The normalized spacial score (nSPS) is 10.1. The summed E-state index contributed by atoms with van der Waals surface area (Å²) in [5.74, 6) is 0.00838. The Morgan fingerprint density at radius 2 is 1.55 bits per heavy atom. The van der Waals surface area contributed by atoms with E-state index in [-0.39, 0.29) is 23.3 Å². The summed E-state index contributed by atoms with van der Waals surface area (Å²) in [7, 11) is 0. The standard InChI is InChI=1S/C24H23N3O3S/c1-2-30-21-14-7-6-13-20(21)23(29)27-24(31)26-19-12-8-11-18(16-19)25-22(28)15-17-9-4-3-5-10-17/h3-14,16H,2,15H2,1H3,(H,25,28)(H2,26,27,29,31). The van der Waals surface area contributed by atoms with E-state index in [0.29, 0.717) is 29.3 Å². The molecule has 0 fully saturated rings. The number of rotatable bonds is 7. The zero-order valence-electron chi connectivity index (χ0n) is 17.1. The summed E-state index contributed by atoms with van der Waals surface area (Å²) in [5.41, 5.74) is 2.60. The highest BCUT2D eigenvalue weighted by Crippen LogP contribution is 2.18. The van der Waals surface area contributed by atoms with Crippen molar-refractivity contribution >= 4 is 40.5 Å². The molecule has 3 rings (SSSR count). The number of ether oxygens (including phenoxy) is 1. The summed E-state index contributed by atoms with van der Waals surface area (Å²) in [5, 5.41) is 8.62. The molecule has 0 saturated heterocycles. The summed E-state index contributed by atoms with van der Waals surface area (Å²) in [6.45, 7) is 2.31. The lowest BCUT2D eigenvalue weighted by Gasteiger charge is -2.13. The van der Waals surface area contributed by atoms with Crippen molar-refractivity contribution in [3.63, 3.8) is 0 Å². The van der Waals surface area contributed by atoms with E-state index >= 15 is 0 Å². The largest absolute Gasteiger partial charge is 0.493 e. The van der Waals surface area contributed by atoms with Crippen molar-refractivity contribution in [3.8, 4) is 5.75 Å². The number of thiocarbonyl (C=S) groups is 1. The lowest BCUT2D eigenvalue weighted by molar-refractivity contribution is -0.115. The molecule has 0 unspecified atom stereocenters. The van der Waals surface area contributed by atoms with Gasteiger partial charge in [-0.3, -0.25) is 14.9 Å². The van der Waals surface area contributed by atoms with Crippen LogP contribution in [0.25, 0.3) is 0 Å². The third kappa shape index (κ3) is 6.65.